The number of ether oxygens (including phenoxy) is 3. The number of rotatable bonds is 6. The van der Waals surface area contributed by atoms with Crippen molar-refractivity contribution in [2.24, 2.45) is 0 Å². The van der Waals surface area contributed by atoms with Gasteiger partial charge in [0.1, 0.15) is 12.4 Å². The number of hydrogen-bond acceptors (Lipinski definition) is 8. The van der Waals surface area contributed by atoms with Crippen LogP contribution in [0.25, 0.3) is 0 Å². The summed E-state index contributed by atoms with van der Waals surface area (Å²) in [5.41, 5.74) is 4.65. The van der Waals surface area contributed by atoms with Crippen LogP contribution >= 0.6 is 0 Å². The molecule has 0 aliphatic carbocycles. The number of benzene rings is 1. The second kappa shape index (κ2) is 7.87. The van der Waals surface area contributed by atoms with Gasteiger partial charge in [0.2, 0.25) is 0 Å². The van der Waals surface area contributed by atoms with Gasteiger partial charge in [0.05, 0.1) is 12.0 Å². The van der Waals surface area contributed by atoms with E-state index < -0.39 is 29.6 Å². The summed E-state index contributed by atoms with van der Waals surface area (Å²) in [4.78, 5) is 39.2. The Hall–Kier alpha value is -3.11. The summed E-state index contributed by atoms with van der Waals surface area (Å²) in [5, 5.41) is 1.83. The van der Waals surface area contributed by atoms with Crippen LogP contribution in [-0.2, 0) is 24.4 Å². The Balaban J connectivity index is 1.62. The highest BCUT2D eigenvalue weighted by Crippen LogP contribution is 2.29. The van der Waals surface area contributed by atoms with Crippen LogP contribution in [-0.4, -0.2) is 35.0 Å². The number of nitrogens with two attached hydrogens (primary N) is 1. The molecule has 10 nitrogen and oxygen atoms in total. The first-order chi connectivity index (χ1) is 13.3. The fourth-order valence-electron chi connectivity index (χ4n) is 2.87. The van der Waals surface area contributed by atoms with E-state index in [1.165, 1.54) is 16.8 Å². The first-order valence-corrected chi connectivity index (χ1v) is 8.59. The molecule has 1 aliphatic heterocycles. The monoisotopic (exact) mass is 389 g/mol. The summed E-state index contributed by atoms with van der Waals surface area (Å²) in [5.74, 6) is -0.433. The van der Waals surface area contributed by atoms with Crippen LogP contribution in [0, 0.1) is 4.91 Å². The maximum Gasteiger partial charge on any atom is 0.351 e. The number of hydrogen-bond donors (Lipinski definition) is 2. The van der Waals surface area contributed by atoms with Crippen molar-refractivity contribution in [3.8, 4) is 0 Å². The van der Waals surface area contributed by atoms with Crippen LogP contribution in [0.4, 0.5) is 11.5 Å². The third-order valence-electron chi connectivity index (χ3n) is 4.47. The molecule has 1 aliphatic rings. The molecule has 1 saturated heterocycles. The van der Waals surface area contributed by atoms with Gasteiger partial charge in [-0.05, 0) is 19.9 Å². The molecule has 2 atom stereocenters. The van der Waals surface area contributed by atoms with E-state index in [-0.39, 0.29) is 19.0 Å². The molecule has 10 heteroatoms. The zero-order valence-corrected chi connectivity index (χ0v) is 15.5. The average Bonchev–Trinajstić information content (AvgIpc) is 3.14. The van der Waals surface area contributed by atoms with E-state index in [1.54, 1.807) is 38.1 Å². The minimum absolute atomic E-state index is 0.0973. The van der Waals surface area contributed by atoms with Gasteiger partial charge in [0.25, 0.3) is 5.69 Å². The molecule has 1 aromatic heterocycles. The topological polar surface area (TPSA) is 137 Å². The summed E-state index contributed by atoms with van der Waals surface area (Å²) in [6.45, 7) is 3.25. The molecule has 1 fully saturated rings. The van der Waals surface area contributed by atoms with E-state index in [2.05, 4.69) is 4.98 Å². The van der Waals surface area contributed by atoms with Crippen molar-refractivity contribution in [2.75, 3.05) is 18.9 Å². The molecule has 2 aromatic rings. The van der Waals surface area contributed by atoms with Gasteiger partial charge in [-0.2, -0.15) is 4.98 Å². The van der Waals surface area contributed by atoms with Crippen molar-refractivity contribution < 1.29 is 24.2 Å². The van der Waals surface area contributed by atoms with Crippen LogP contribution in [0.15, 0.2) is 41.3 Å². The van der Waals surface area contributed by atoms with Gasteiger partial charge in [-0.15, -0.1) is 0 Å². The lowest BCUT2D eigenvalue weighted by Crippen LogP contribution is -2.57. The number of carbonyl (C=O) groups is 1. The number of nitrogens with zero attached hydrogens (tertiary/aromatic N) is 2. The van der Waals surface area contributed by atoms with Crippen LogP contribution < -0.4 is 16.6 Å². The van der Waals surface area contributed by atoms with E-state index in [0.29, 0.717) is 11.3 Å². The second-order valence-corrected chi connectivity index (χ2v) is 6.77. The Morgan fingerprint density at radius 3 is 2.86 bits per heavy atom. The van der Waals surface area contributed by atoms with Crippen LogP contribution in [0.1, 0.15) is 25.6 Å². The fraction of sp³-hybridized carbons (Fsp3) is 0.389. The molecule has 0 saturated carbocycles. The van der Waals surface area contributed by atoms with E-state index in [9.17, 15) is 14.5 Å². The standard InChI is InChI=1S/C18H20N4O6/c1-18(2,11-5-3-4-6-12(11)21-25)16(23)27-10-15-26-9-14(28-15)22-8-7-13(19)20-17(22)24/h3-8,14-15H,9-10H2,1-2H3,(H2,19,20,24)/p+1/t14-,15-/m0/s1. The van der Waals surface area contributed by atoms with Gasteiger partial charge in [-0.1, -0.05) is 18.2 Å². The Labute approximate surface area is 160 Å². The van der Waals surface area contributed by atoms with E-state index in [0.717, 1.165) is 0 Å². The van der Waals surface area contributed by atoms with Crippen LogP contribution in [0.3, 0.4) is 0 Å². The number of nitrogen functional groups attached to an aromatic ring is 1. The fourth-order valence-corrected chi connectivity index (χ4v) is 2.87. The summed E-state index contributed by atoms with van der Waals surface area (Å²) >= 11 is 0. The Kier molecular flexibility index (Phi) is 5.52. The molecule has 0 radical (unpaired) electrons. The third kappa shape index (κ3) is 3.92. The van der Waals surface area contributed by atoms with Crippen LogP contribution in [0.5, 0.6) is 0 Å². The molecule has 3 N–H and O–H groups in total. The SMILES string of the molecule is CC(C)(C(=O)OC[C@H]1OC[C@@H](n2ccc(N)nc2=O)O1)c1ccccc1[NH+]=O. The number of anilines is 1. The molecule has 0 bridgehead atoms. The van der Waals surface area contributed by atoms with Gasteiger partial charge in [0, 0.05) is 27.9 Å². The first kappa shape index (κ1) is 19.6. The van der Waals surface area contributed by atoms with Gasteiger partial charge in [0.15, 0.2) is 12.5 Å². The highest BCUT2D eigenvalue weighted by atomic mass is 16.7. The van der Waals surface area contributed by atoms with Crippen molar-refractivity contribution in [3.63, 3.8) is 0 Å². The molecule has 148 valence electrons. The number of esters is 1. The molecular formula is C18H21N4O6+. The molecule has 0 spiro atoms. The number of nitroso groups, excluding NO2 is 1. The van der Waals surface area contributed by atoms with Crippen molar-refractivity contribution in [1.29, 1.82) is 0 Å². The minimum atomic E-state index is -1.07. The van der Waals surface area contributed by atoms with Crippen molar-refractivity contribution in [3.05, 3.63) is 57.5 Å². The lowest BCUT2D eigenvalue weighted by molar-refractivity contribution is -0.380. The average molecular weight is 389 g/mol. The highest BCUT2D eigenvalue weighted by Gasteiger charge is 2.37. The third-order valence-corrected chi connectivity index (χ3v) is 4.47. The van der Waals surface area contributed by atoms with E-state index >= 15 is 0 Å². The van der Waals surface area contributed by atoms with Gasteiger partial charge < -0.3 is 19.9 Å². The smallest absolute Gasteiger partial charge is 0.351 e. The number of nitrogens with one attached hydrogen (secondary N) is 1. The zero-order valence-electron chi connectivity index (χ0n) is 15.5. The molecule has 1 aromatic carbocycles. The molecule has 2 heterocycles. The van der Waals surface area contributed by atoms with Crippen molar-refractivity contribution >= 4 is 17.5 Å². The minimum Gasteiger partial charge on any atom is -0.460 e. The van der Waals surface area contributed by atoms with E-state index in [4.69, 9.17) is 19.9 Å². The van der Waals surface area contributed by atoms with Gasteiger partial charge in [-0.25, -0.2) is 4.79 Å². The summed E-state index contributed by atoms with van der Waals surface area (Å²) in [6, 6.07) is 8.17. The molecule has 3 rings (SSSR count). The van der Waals surface area contributed by atoms with Crippen LogP contribution in [0.2, 0.25) is 0 Å². The maximum atomic E-state index is 12.6. The highest BCUT2D eigenvalue weighted by molar-refractivity contribution is 5.83. The number of carbonyl (C=O) groups excluding carboxylic acids is 1. The molecule has 0 unspecified atom stereocenters. The summed E-state index contributed by atoms with van der Waals surface area (Å²) < 4.78 is 17.6. The van der Waals surface area contributed by atoms with Gasteiger partial charge >= 0.3 is 11.7 Å². The Bertz CT molecular complexity index is 942. The van der Waals surface area contributed by atoms with E-state index in [1.807, 2.05) is 5.18 Å². The van der Waals surface area contributed by atoms with Crippen molar-refractivity contribution in [2.45, 2.75) is 31.8 Å². The van der Waals surface area contributed by atoms with Crippen molar-refractivity contribution in [1.82, 2.24) is 9.55 Å². The number of aromatic nitrogens is 2. The lowest BCUT2D eigenvalue weighted by Gasteiger charge is -2.23. The van der Waals surface area contributed by atoms with Gasteiger partial charge in [-0.3, -0.25) is 9.36 Å². The Morgan fingerprint density at radius 1 is 1.39 bits per heavy atom. The Morgan fingerprint density at radius 2 is 2.14 bits per heavy atom. The predicted octanol–water partition coefficient (Wildman–Crippen LogP) is -0.303. The number of para-hydroxylation sites is 1. The zero-order chi connectivity index (χ0) is 20.3. The normalized spacial score (nSPS) is 19.4. The predicted molar refractivity (Wildman–Crippen MR) is 97.2 cm³/mol. The maximum absolute atomic E-state index is 12.6. The molecule has 0 amide bonds. The lowest BCUT2D eigenvalue weighted by atomic mass is 9.83. The summed E-state index contributed by atoms with van der Waals surface area (Å²) in [7, 11) is 0. The first-order valence-electron chi connectivity index (χ1n) is 8.59. The largest absolute Gasteiger partial charge is 0.460 e. The molecular weight excluding hydrogens is 368 g/mol. The molecule has 28 heavy (non-hydrogen) atoms. The second-order valence-electron chi connectivity index (χ2n) is 6.77. The summed E-state index contributed by atoms with van der Waals surface area (Å²) in [6.07, 6.45) is -0.0620. The quantitative estimate of drug-likeness (QED) is 0.643.